The van der Waals surface area contributed by atoms with Crippen LogP contribution in [0.25, 0.3) is 5.70 Å². The van der Waals surface area contributed by atoms with Crippen molar-refractivity contribution in [2.75, 3.05) is 6.54 Å². The lowest BCUT2D eigenvalue weighted by molar-refractivity contribution is -0.139. The van der Waals surface area contributed by atoms with Crippen LogP contribution in [-0.4, -0.2) is 29.7 Å². The normalized spacial score (nSPS) is 23.3. The minimum atomic E-state index is -0.855. The van der Waals surface area contributed by atoms with Gasteiger partial charge in [-0.05, 0) is 18.6 Å². The number of hydrogen-bond acceptors (Lipinski definition) is 4. The molecule has 1 fully saturated rings. The molecule has 19 heavy (non-hydrogen) atoms. The summed E-state index contributed by atoms with van der Waals surface area (Å²) in [6, 6.07) is 5.48. The highest BCUT2D eigenvalue weighted by Gasteiger charge is 2.28. The van der Waals surface area contributed by atoms with E-state index >= 15 is 0 Å². The fourth-order valence-corrected chi connectivity index (χ4v) is 2.01. The Hall–Kier alpha value is -2.08. The molecular weight excluding hydrogens is 249 g/mol. The smallest absolute Gasteiger partial charge is 0.320 e. The Kier molecular flexibility index (Phi) is 4.01. The molecule has 1 saturated heterocycles. The maximum atomic E-state index is 13.0. The van der Waals surface area contributed by atoms with Crippen molar-refractivity contribution in [3.63, 3.8) is 0 Å². The molecule has 1 aliphatic rings. The van der Waals surface area contributed by atoms with Gasteiger partial charge in [0.05, 0.1) is 5.70 Å². The van der Waals surface area contributed by atoms with Crippen LogP contribution in [0, 0.1) is 5.82 Å². The van der Waals surface area contributed by atoms with E-state index in [2.05, 4.69) is 10.6 Å². The number of nitrogens with two attached hydrogens (primary N) is 1. The van der Waals surface area contributed by atoms with Crippen LogP contribution in [0.2, 0.25) is 0 Å². The van der Waals surface area contributed by atoms with E-state index in [1.54, 1.807) is 18.3 Å². The van der Waals surface area contributed by atoms with Gasteiger partial charge in [0.1, 0.15) is 11.9 Å². The summed E-state index contributed by atoms with van der Waals surface area (Å²) >= 11 is 0. The Bertz CT molecular complexity index is 504. The Balaban J connectivity index is 1.94. The van der Waals surface area contributed by atoms with Crippen LogP contribution in [0.5, 0.6) is 0 Å². The fraction of sp³-hybridized carbons (Fsp3) is 0.308. The summed E-state index contributed by atoms with van der Waals surface area (Å²) < 4.78 is 13.0. The second-order valence-corrected chi connectivity index (χ2v) is 4.51. The molecule has 0 bridgehead atoms. The van der Waals surface area contributed by atoms with Gasteiger partial charge in [0.25, 0.3) is 0 Å². The van der Waals surface area contributed by atoms with Gasteiger partial charge in [-0.2, -0.15) is 0 Å². The third-order valence-corrected chi connectivity index (χ3v) is 3.06. The summed E-state index contributed by atoms with van der Waals surface area (Å²) in [6.45, 7) is 0.559. The zero-order valence-electron chi connectivity index (χ0n) is 10.3. The van der Waals surface area contributed by atoms with E-state index in [4.69, 9.17) is 10.8 Å². The fourth-order valence-electron chi connectivity index (χ4n) is 2.01. The molecule has 2 rings (SSSR count). The minimum absolute atomic E-state index is 0.00760. The minimum Gasteiger partial charge on any atom is -0.480 e. The van der Waals surface area contributed by atoms with Crippen molar-refractivity contribution in [2.24, 2.45) is 5.73 Å². The zero-order valence-corrected chi connectivity index (χ0v) is 10.3. The average molecular weight is 265 g/mol. The molecule has 1 aromatic rings. The first kappa shape index (κ1) is 13.4. The van der Waals surface area contributed by atoms with Crippen molar-refractivity contribution in [1.29, 1.82) is 0 Å². The van der Waals surface area contributed by atoms with Gasteiger partial charge in [-0.15, -0.1) is 0 Å². The summed E-state index contributed by atoms with van der Waals surface area (Å²) in [5.41, 5.74) is 6.84. The zero-order chi connectivity index (χ0) is 13.8. The summed E-state index contributed by atoms with van der Waals surface area (Å²) in [4.78, 5) is 10.8. The number of nitrogens with one attached hydrogen (secondary N) is 2. The Morgan fingerprint density at radius 2 is 2.37 bits per heavy atom. The van der Waals surface area contributed by atoms with E-state index in [-0.39, 0.29) is 11.9 Å². The van der Waals surface area contributed by atoms with Crippen LogP contribution in [-0.2, 0) is 4.79 Å². The standard InChI is InChI=1S/C13H16FN3O2/c14-9-3-1-2-8(4-9)11(15)7-16-10-5-12(13(18)19)17-6-10/h1-4,7,10,12,16-17H,5-6,15H2,(H,18,19)/b11-7-. The molecule has 5 N–H and O–H groups in total. The molecule has 6 heteroatoms. The predicted octanol–water partition coefficient (Wildman–Crippen LogP) is 0.488. The van der Waals surface area contributed by atoms with Crippen molar-refractivity contribution >= 4 is 11.7 Å². The van der Waals surface area contributed by atoms with Gasteiger partial charge < -0.3 is 21.5 Å². The van der Waals surface area contributed by atoms with Crippen LogP contribution >= 0.6 is 0 Å². The third kappa shape index (κ3) is 3.45. The van der Waals surface area contributed by atoms with Crippen LogP contribution in [0.15, 0.2) is 30.5 Å². The van der Waals surface area contributed by atoms with E-state index in [1.807, 2.05) is 0 Å². The number of carboxylic acid groups (broad SMARTS) is 1. The average Bonchev–Trinajstić information content (AvgIpc) is 2.85. The van der Waals surface area contributed by atoms with Crippen LogP contribution in [0.3, 0.4) is 0 Å². The second kappa shape index (κ2) is 5.71. The molecule has 0 amide bonds. The van der Waals surface area contributed by atoms with Crippen LogP contribution < -0.4 is 16.4 Å². The third-order valence-electron chi connectivity index (χ3n) is 3.06. The first-order valence-electron chi connectivity index (χ1n) is 6.00. The highest BCUT2D eigenvalue weighted by Crippen LogP contribution is 2.11. The quantitative estimate of drug-likeness (QED) is 0.636. The SMILES string of the molecule is N/C(=C\NC1CNC(C(=O)O)C1)c1cccc(F)c1. The lowest BCUT2D eigenvalue weighted by atomic mass is 10.1. The first-order chi connectivity index (χ1) is 9.06. The van der Waals surface area contributed by atoms with Gasteiger partial charge in [0.15, 0.2) is 0 Å². The lowest BCUT2D eigenvalue weighted by Crippen LogP contribution is -2.30. The molecule has 1 aromatic carbocycles. The molecular formula is C13H16FN3O2. The second-order valence-electron chi connectivity index (χ2n) is 4.51. The van der Waals surface area contributed by atoms with Gasteiger partial charge in [-0.3, -0.25) is 4.79 Å². The summed E-state index contributed by atoms with van der Waals surface area (Å²) in [7, 11) is 0. The maximum absolute atomic E-state index is 13.0. The van der Waals surface area contributed by atoms with Gasteiger partial charge in [0.2, 0.25) is 0 Å². The number of halogens is 1. The number of hydrogen-bond donors (Lipinski definition) is 4. The Morgan fingerprint density at radius 1 is 1.58 bits per heavy atom. The van der Waals surface area contributed by atoms with Crippen LogP contribution in [0.4, 0.5) is 4.39 Å². The Morgan fingerprint density at radius 3 is 3.00 bits per heavy atom. The number of benzene rings is 1. The van der Waals surface area contributed by atoms with Gasteiger partial charge in [-0.1, -0.05) is 12.1 Å². The lowest BCUT2D eigenvalue weighted by Gasteiger charge is -2.10. The Labute approximate surface area is 110 Å². The van der Waals surface area contributed by atoms with E-state index < -0.39 is 12.0 Å². The molecule has 2 atom stereocenters. The summed E-state index contributed by atoms with van der Waals surface area (Å²) in [5, 5.41) is 14.8. The molecule has 0 aromatic heterocycles. The predicted molar refractivity (Wildman–Crippen MR) is 69.5 cm³/mol. The van der Waals surface area contributed by atoms with E-state index in [0.717, 1.165) is 0 Å². The van der Waals surface area contributed by atoms with Gasteiger partial charge in [0, 0.05) is 24.4 Å². The molecule has 102 valence electrons. The number of rotatable bonds is 4. The number of aliphatic carboxylic acids is 1. The maximum Gasteiger partial charge on any atom is 0.320 e. The summed E-state index contributed by atoms with van der Waals surface area (Å²) in [6.07, 6.45) is 2.08. The van der Waals surface area contributed by atoms with Crippen molar-refractivity contribution in [3.05, 3.63) is 41.8 Å². The molecule has 0 saturated carbocycles. The monoisotopic (exact) mass is 265 g/mol. The van der Waals surface area contributed by atoms with Crippen molar-refractivity contribution in [2.45, 2.75) is 18.5 Å². The topological polar surface area (TPSA) is 87.4 Å². The molecule has 0 radical (unpaired) electrons. The largest absolute Gasteiger partial charge is 0.480 e. The number of carbonyl (C=O) groups is 1. The molecule has 1 heterocycles. The summed E-state index contributed by atoms with van der Waals surface area (Å²) in [5.74, 6) is -1.20. The van der Waals surface area contributed by atoms with Gasteiger partial charge in [-0.25, -0.2) is 4.39 Å². The van der Waals surface area contributed by atoms with Crippen molar-refractivity contribution in [1.82, 2.24) is 10.6 Å². The van der Waals surface area contributed by atoms with E-state index in [9.17, 15) is 9.18 Å². The first-order valence-corrected chi connectivity index (χ1v) is 6.00. The van der Waals surface area contributed by atoms with E-state index in [0.29, 0.717) is 24.2 Å². The molecule has 1 aliphatic heterocycles. The van der Waals surface area contributed by atoms with Crippen molar-refractivity contribution in [3.8, 4) is 0 Å². The molecule has 0 spiro atoms. The molecule has 0 aliphatic carbocycles. The van der Waals surface area contributed by atoms with Gasteiger partial charge >= 0.3 is 5.97 Å². The molecule has 5 nitrogen and oxygen atoms in total. The molecule has 2 unspecified atom stereocenters. The highest BCUT2D eigenvalue weighted by molar-refractivity contribution is 5.74. The number of carboxylic acids is 1. The van der Waals surface area contributed by atoms with Crippen molar-refractivity contribution < 1.29 is 14.3 Å². The van der Waals surface area contributed by atoms with E-state index in [1.165, 1.54) is 12.1 Å². The highest BCUT2D eigenvalue weighted by atomic mass is 19.1. The van der Waals surface area contributed by atoms with Crippen LogP contribution in [0.1, 0.15) is 12.0 Å².